The molecule has 1 spiro atoms. The van der Waals surface area contributed by atoms with Gasteiger partial charge in [0.15, 0.2) is 5.82 Å². The van der Waals surface area contributed by atoms with Crippen LogP contribution in [0.25, 0.3) is 0 Å². The third-order valence-corrected chi connectivity index (χ3v) is 8.26. The first-order valence-electron chi connectivity index (χ1n) is 10.9. The van der Waals surface area contributed by atoms with E-state index in [0.717, 1.165) is 62.0 Å². The normalized spacial score (nSPS) is 25.7. The van der Waals surface area contributed by atoms with Crippen molar-refractivity contribution >= 4 is 17.2 Å². The van der Waals surface area contributed by atoms with E-state index in [1.165, 1.54) is 23.3 Å². The number of hydrogen-bond donors (Lipinski definition) is 1. The Morgan fingerprint density at radius 1 is 1.31 bits per heavy atom. The van der Waals surface area contributed by atoms with Crippen molar-refractivity contribution in [1.82, 2.24) is 25.0 Å². The van der Waals surface area contributed by atoms with Gasteiger partial charge in [0.05, 0.1) is 24.1 Å². The van der Waals surface area contributed by atoms with Crippen molar-refractivity contribution < 1.29 is 9.53 Å². The number of aromatic nitrogens is 3. The lowest BCUT2D eigenvalue weighted by Gasteiger charge is -2.40. The molecule has 2 fully saturated rings. The van der Waals surface area contributed by atoms with Gasteiger partial charge in [-0.25, -0.2) is 9.67 Å². The molecule has 1 N–H and O–H groups in total. The number of thiophene rings is 1. The monoisotopic (exact) mass is 413 g/mol. The molecule has 154 valence electrons. The van der Waals surface area contributed by atoms with Gasteiger partial charge in [-0.3, -0.25) is 4.79 Å². The van der Waals surface area contributed by atoms with E-state index in [2.05, 4.69) is 23.4 Å². The Bertz CT molecular complexity index is 956. The molecule has 6 rings (SSSR count). The van der Waals surface area contributed by atoms with E-state index in [4.69, 9.17) is 9.72 Å². The molecule has 1 saturated heterocycles. The van der Waals surface area contributed by atoms with Gasteiger partial charge in [-0.15, -0.1) is 11.3 Å². The molecule has 0 radical (unpaired) electrons. The summed E-state index contributed by atoms with van der Waals surface area (Å²) in [5.41, 5.74) is 1.13. The summed E-state index contributed by atoms with van der Waals surface area (Å²) in [4.78, 5) is 22.4. The number of hydrogen-bond acceptors (Lipinski definition) is 6. The number of amides is 1. The number of fused-ring (bicyclic) bond motifs is 3. The second kappa shape index (κ2) is 6.62. The summed E-state index contributed by atoms with van der Waals surface area (Å²) in [7, 11) is 0. The Morgan fingerprint density at radius 2 is 2.14 bits per heavy atom. The highest BCUT2D eigenvalue weighted by molar-refractivity contribution is 7.14. The van der Waals surface area contributed by atoms with Crippen LogP contribution in [0.1, 0.15) is 76.3 Å². The van der Waals surface area contributed by atoms with Crippen LogP contribution in [0, 0.1) is 0 Å². The van der Waals surface area contributed by atoms with Crippen LogP contribution in [0.4, 0.5) is 0 Å². The van der Waals surface area contributed by atoms with Crippen LogP contribution in [0.3, 0.4) is 0 Å². The van der Waals surface area contributed by atoms with Crippen LogP contribution in [0.5, 0.6) is 0 Å². The molecule has 0 aromatic carbocycles. The lowest BCUT2D eigenvalue weighted by molar-refractivity contribution is -0.0771. The molecule has 5 heterocycles. The molecular formula is C21H27N5O2S. The maximum atomic E-state index is 13.5. The quantitative estimate of drug-likeness (QED) is 0.819. The molecule has 1 aliphatic carbocycles. The maximum Gasteiger partial charge on any atom is 0.264 e. The third-order valence-electron chi connectivity index (χ3n) is 6.91. The van der Waals surface area contributed by atoms with Gasteiger partial charge in [0, 0.05) is 17.3 Å². The minimum Gasteiger partial charge on any atom is -0.369 e. The molecular weight excluding hydrogens is 386 g/mol. The smallest absolute Gasteiger partial charge is 0.264 e. The van der Waals surface area contributed by atoms with Gasteiger partial charge in [0.25, 0.3) is 5.91 Å². The van der Waals surface area contributed by atoms with Gasteiger partial charge in [-0.2, -0.15) is 5.10 Å². The minimum absolute atomic E-state index is 0.0422. The summed E-state index contributed by atoms with van der Waals surface area (Å²) >= 11 is 1.66. The summed E-state index contributed by atoms with van der Waals surface area (Å²) in [6, 6.07) is 2.09. The van der Waals surface area contributed by atoms with Crippen LogP contribution in [0.2, 0.25) is 0 Å². The highest BCUT2D eigenvalue weighted by Crippen LogP contribution is 2.45. The van der Waals surface area contributed by atoms with Crippen LogP contribution >= 0.6 is 11.3 Å². The van der Waals surface area contributed by atoms with Crippen LogP contribution in [-0.2, 0) is 23.3 Å². The average molecular weight is 414 g/mol. The Labute approximate surface area is 174 Å². The lowest BCUT2D eigenvalue weighted by Crippen LogP contribution is -2.44. The summed E-state index contributed by atoms with van der Waals surface area (Å²) < 4.78 is 8.31. The first-order valence-corrected chi connectivity index (χ1v) is 11.7. The van der Waals surface area contributed by atoms with Crippen molar-refractivity contribution in [3.63, 3.8) is 0 Å². The van der Waals surface area contributed by atoms with Crippen molar-refractivity contribution in [2.45, 2.75) is 63.1 Å². The molecule has 3 aliphatic heterocycles. The summed E-state index contributed by atoms with van der Waals surface area (Å²) in [5, 5.41) is 8.12. The SMILES string of the molecule is C[C@@H]1c2nc(C3CC3)nn2CCN1C(=O)c1cc2c(s1)C1(CCNCC1)OCC2. The molecule has 1 amide bonds. The van der Waals surface area contributed by atoms with Crippen molar-refractivity contribution in [1.29, 1.82) is 0 Å². The summed E-state index contributed by atoms with van der Waals surface area (Å²) in [5.74, 6) is 2.57. The number of nitrogens with zero attached hydrogens (tertiary/aromatic N) is 4. The van der Waals surface area contributed by atoms with Crippen molar-refractivity contribution in [2.75, 3.05) is 26.2 Å². The van der Waals surface area contributed by atoms with Gasteiger partial charge < -0.3 is 15.0 Å². The summed E-state index contributed by atoms with van der Waals surface area (Å²) in [6.07, 6.45) is 5.27. The summed E-state index contributed by atoms with van der Waals surface area (Å²) in [6.45, 7) is 6.21. The lowest BCUT2D eigenvalue weighted by atomic mass is 9.86. The fourth-order valence-corrected chi connectivity index (χ4v) is 6.41. The largest absolute Gasteiger partial charge is 0.369 e. The van der Waals surface area contributed by atoms with E-state index >= 15 is 0 Å². The van der Waals surface area contributed by atoms with Gasteiger partial charge in [-0.05, 0) is 63.7 Å². The van der Waals surface area contributed by atoms with Gasteiger partial charge in [0.1, 0.15) is 11.4 Å². The van der Waals surface area contributed by atoms with Crippen LogP contribution in [0.15, 0.2) is 6.07 Å². The van der Waals surface area contributed by atoms with Crippen molar-refractivity contribution in [3.05, 3.63) is 33.0 Å². The number of ether oxygens (including phenoxy) is 1. The highest BCUT2D eigenvalue weighted by Gasteiger charge is 2.42. The van der Waals surface area contributed by atoms with Crippen LogP contribution < -0.4 is 5.32 Å². The van der Waals surface area contributed by atoms with E-state index in [9.17, 15) is 4.79 Å². The molecule has 8 heteroatoms. The van der Waals surface area contributed by atoms with E-state index in [1.54, 1.807) is 11.3 Å². The van der Waals surface area contributed by atoms with E-state index in [-0.39, 0.29) is 17.6 Å². The highest BCUT2D eigenvalue weighted by atomic mass is 32.1. The van der Waals surface area contributed by atoms with E-state index in [0.29, 0.717) is 12.5 Å². The van der Waals surface area contributed by atoms with Gasteiger partial charge >= 0.3 is 0 Å². The second-order valence-corrected chi connectivity index (χ2v) is 9.86. The first kappa shape index (κ1) is 18.0. The van der Waals surface area contributed by atoms with E-state index in [1.807, 2.05) is 9.58 Å². The predicted octanol–water partition coefficient (Wildman–Crippen LogP) is 2.59. The Morgan fingerprint density at radius 3 is 2.93 bits per heavy atom. The van der Waals surface area contributed by atoms with Gasteiger partial charge in [0.2, 0.25) is 0 Å². The Hall–Kier alpha value is -1.77. The molecule has 29 heavy (non-hydrogen) atoms. The Balaban J connectivity index is 1.29. The van der Waals surface area contributed by atoms with Gasteiger partial charge in [-0.1, -0.05) is 0 Å². The zero-order chi connectivity index (χ0) is 19.6. The zero-order valence-electron chi connectivity index (χ0n) is 16.8. The number of nitrogens with one attached hydrogen (secondary N) is 1. The van der Waals surface area contributed by atoms with E-state index < -0.39 is 0 Å². The standard InChI is InChI=1S/C21H27N5O2S/c1-13-19-23-18(14-2-3-14)24-26(19)10-9-25(13)20(27)16-12-15-4-11-28-21(17(15)29-16)5-7-22-8-6-21/h12-14,22H,2-11H2,1H3/t13-/m1/s1. The fourth-order valence-electron chi connectivity index (χ4n) is 5.04. The molecule has 4 aliphatic rings. The fraction of sp³-hybridized carbons (Fsp3) is 0.667. The molecule has 1 atom stereocenters. The maximum absolute atomic E-state index is 13.5. The second-order valence-electron chi connectivity index (χ2n) is 8.81. The molecule has 0 bridgehead atoms. The zero-order valence-corrected chi connectivity index (χ0v) is 17.6. The molecule has 1 saturated carbocycles. The number of carbonyl (C=O) groups is 1. The number of carbonyl (C=O) groups excluding carboxylic acids is 1. The molecule has 0 unspecified atom stereocenters. The average Bonchev–Trinajstić information content (AvgIpc) is 3.33. The number of piperidine rings is 1. The Kier molecular flexibility index (Phi) is 4.12. The number of rotatable bonds is 2. The molecule has 2 aromatic rings. The minimum atomic E-state index is -0.186. The molecule has 7 nitrogen and oxygen atoms in total. The first-order chi connectivity index (χ1) is 14.1. The third kappa shape index (κ3) is 2.87. The predicted molar refractivity (Wildman–Crippen MR) is 109 cm³/mol. The topological polar surface area (TPSA) is 72.3 Å². The van der Waals surface area contributed by atoms with Crippen molar-refractivity contribution in [2.24, 2.45) is 0 Å². The molecule has 2 aromatic heterocycles. The van der Waals surface area contributed by atoms with Crippen LogP contribution in [-0.4, -0.2) is 51.8 Å². The van der Waals surface area contributed by atoms with Crippen molar-refractivity contribution in [3.8, 4) is 0 Å².